The number of nitrogens with zero attached hydrogens (tertiary/aromatic N) is 4. The topological polar surface area (TPSA) is 123 Å². The van der Waals surface area contributed by atoms with Crippen LogP contribution in [0.3, 0.4) is 0 Å². The molecule has 2 aromatic carbocycles. The van der Waals surface area contributed by atoms with E-state index < -0.39 is 37.3 Å². The number of aryl methyl sites for hydroxylation is 1. The second-order valence-corrected chi connectivity index (χ2v) is 16.4. The normalized spacial score (nSPS) is 13.9. The molecule has 212 valence electrons. The number of benzene rings is 2. The van der Waals surface area contributed by atoms with Crippen molar-refractivity contribution in [1.29, 1.82) is 5.26 Å². The third-order valence-electron chi connectivity index (χ3n) is 6.74. The van der Waals surface area contributed by atoms with Crippen molar-refractivity contribution in [3.8, 4) is 11.8 Å². The summed E-state index contributed by atoms with van der Waals surface area (Å²) in [5.74, 6) is -1.10. The van der Waals surface area contributed by atoms with E-state index >= 15 is 13.2 Å². The number of halogens is 3. The Morgan fingerprint density at radius 1 is 1.20 bits per heavy atom. The standard InChI is InChI=1S/C27H29F3N4O5Si/c1-16-12-21(38-2)22(18-8-9-33(23(16)18)25(35)36)26(37,27(28,29)30)24-32-19-13-17(14-31)6-7-20(19)34(24)15-39-10-11-40(3,4)5/h6-9,12-13,37H,10-11,15H2,1-5H3,(H,35,36). The molecule has 2 N–H and O–H groups in total. The number of methoxy groups -OCH3 is 1. The molecule has 2 heterocycles. The van der Waals surface area contributed by atoms with E-state index in [4.69, 9.17) is 9.47 Å². The molecule has 4 aromatic rings. The Morgan fingerprint density at radius 2 is 1.90 bits per heavy atom. The number of ether oxygens (including phenoxy) is 2. The Hall–Kier alpha value is -3.86. The number of hydrogen-bond acceptors (Lipinski definition) is 6. The van der Waals surface area contributed by atoms with Crippen molar-refractivity contribution in [2.24, 2.45) is 0 Å². The summed E-state index contributed by atoms with van der Waals surface area (Å²) < 4.78 is 58.7. The second kappa shape index (κ2) is 10.3. The number of aliphatic hydroxyl groups is 1. The van der Waals surface area contributed by atoms with Gasteiger partial charge in [0.05, 0.1) is 40.9 Å². The van der Waals surface area contributed by atoms with E-state index in [1.165, 1.54) is 37.3 Å². The van der Waals surface area contributed by atoms with Crippen LogP contribution in [-0.4, -0.2) is 58.4 Å². The number of alkyl halides is 3. The number of carboxylic acid groups (broad SMARTS) is 1. The average Bonchev–Trinajstić information content (AvgIpc) is 3.47. The summed E-state index contributed by atoms with van der Waals surface area (Å²) in [4.78, 5) is 16.1. The van der Waals surface area contributed by atoms with Gasteiger partial charge in [-0.25, -0.2) is 9.78 Å². The van der Waals surface area contributed by atoms with Crippen molar-refractivity contribution in [3.63, 3.8) is 0 Å². The highest BCUT2D eigenvalue weighted by molar-refractivity contribution is 6.76. The quantitative estimate of drug-likeness (QED) is 0.201. The second-order valence-electron chi connectivity index (χ2n) is 10.7. The molecule has 40 heavy (non-hydrogen) atoms. The Bertz CT molecular complexity index is 1650. The SMILES string of the molecule is COc1cc(C)c2c(ccn2C(=O)O)c1C(O)(c1nc2cc(C#N)ccc2n1COCC[Si](C)(C)C)C(F)(F)F. The predicted molar refractivity (Wildman–Crippen MR) is 144 cm³/mol. The van der Waals surface area contributed by atoms with Gasteiger partial charge in [-0.3, -0.25) is 4.57 Å². The Morgan fingerprint density at radius 3 is 2.48 bits per heavy atom. The molecule has 13 heteroatoms. The first-order valence-corrected chi connectivity index (χ1v) is 16.0. The summed E-state index contributed by atoms with van der Waals surface area (Å²) in [7, 11) is -0.352. The zero-order chi connectivity index (χ0) is 29.6. The highest BCUT2D eigenvalue weighted by Crippen LogP contribution is 2.51. The van der Waals surface area contributed by atoms with Gasteiger partial charge in [-0.15, -0.1) is 0 Å². The van der Waals surface area contributed by atoms with Gasteiger partial charge in [-0.05, 0) is 48.9 Å². The van der Waals surface area contributed by atoms with E-state index in [-0.39, 0.29) is 46.6 Å². The molecule has 0 spiro atoms. The number of hydrogen-bond donors (Lipinski definition) is 2. The molecule has 4 rings (SSSR count). The molecule has 0 bridgehead atoms. The monoisotopic (exact) mass is 574 g/mol. The van der Waals surface area contributed by atoms with E-state index in [9.17, 15) is 20.3 Å². The van der Waals surface area contributed by atoms with Crippen LogP contribution in [0.5, 0.6) is 5.75 Å². The Balaban J connectivity index is 2.06. The summed E-state index contributed by atoms with van der Waals surface area (Å²) >= 11 is 0. The van der Waals surface area contributed by atoms with Gasteiger partial charge in [0, 0.05) is 26.3 Å². The highest BCUT2D eigenvalue weighted by atomic mass is 28.3. The molecular weight excluding hydrogens is 545 g/mol. The van der Waals surface area contributed by atoms with Crippen LogP contribution in [0.15, 0.2) is 36.5 Å². The van der Waals surface area contributed by atoms with Gasteiger partial charge >= 0.3 is 12.3 Å². The molecule has 2 aromatic heterocycles. The fourth-order valence-corrected chi connectivity index (χ4v) is 5.48. The van der Waals surface area contributed by atoms with Crippen molar-refractivity contribution in [2.45, 2.75) is 51.1 Å². The van der Waals surface area contributed by atoms with E-state index in [2.05, 4.69) is 24.6 Å². The molecule has 1 atom stereocenters. The maximum atomic E-state index is 15.2. The molecule has 0 aliphatic carbocycles. The van der Waals surface area contributed by atoms with Crippen molar-refractivity contribution in [2.75, 3.05) is 13.7 Å². The van der Waals surface area contributed by atoms with Crippen LogP contribution in [0, 0.1) is 18.3 Å². The van der Waals surface area contributed by atoms with Gasteiger partial charge < -0.3 is 24.3 Å². The lowest BCUT2D eigenvalue weighted by Gasteiger charge is -2.33. The average molecular weight is 575 g/mol. The van der Waals surface area contributed by atoms with Crippen LogP contribution in [0.1, 0.15) is 22.5 Å². The molecule has 1 unspecified atom stereocenters. The van der Waals surface area contributed by atoms with E-state index in [1.807, 2.05) is 6.07 Å². The van der Waals surface area contributed by atoms with Gasteiger partial charge in [-0.1, -0.05) is 19.6 Å². The van der Waals surface area contributed by atoms with Crippen LogP contribution in [0.4, 0.5) is 18.0 Å². The molecule has 0 aliphatic heterocycles. The number of imidazole rings is 1. The zero-order valence-electron chi connectivity index (χ0n) is 22.6. The first kappa shape index (κ1) is 29.1. The van der Waals surface area contributed by atoms with E-state index in [0.29, 0.717) is 5.56 Å². The van der Waals surface area contributed by atoms with Gasteiger partial charge in [0.25, 0.3) is 0 Å². The summed E-state index contributed by atoms with van der Waals surface area (Å²) in [6.45, 7) is 7.88. The maximum absolute atomic E-state index is 15.2. The van der Waals surface area contributed by atoms with Crippen molar-refractivity contribution in [3.05, 3.63) is 59.0 Å². The van der Waals surface area contributed by atoms with Crippen molar-refractivity contribution in [1.82, 2.24) is 14.1 Å². The van der Waals surface area contributed by atoms with E-state index in [1.54, 1.807) is 0 Å². The Kier molecular flexibility index (Phi) is 7.48. The van der Waals surface area contributed by atoms with Crippen LogP contribution in [-0.2, 0) is 17.1 Å². The largest absolute Gasteiger partial charge is 0.496 e. The molecule has 0 radical (unpaired) electrons. The number of aromatic nitrogens is 3. The van der Waals surface area contributed by atoms with Crippen LogP contribution >= 0.6 is 0 Å². The van der Waals surface area contributed by atoms with Gasteiger partial charge in [0.1, 0.15) is 12.5 Å². The number of nitriles is 1. The van der Waals surface area contributed by atoms with Gasteiger partial charge in [0.2, 0.25) is 5.60 Å². The third kappa shape index (κ3) is 4.94. The van der Waals surface area contributed by atoms with E-state index in [0.717, 1.165) is 28.5 Å². The molecule has 0 amide bonds. The lowest BCUT2D eigenvalue weighted by atomic mass is 9.87. The molecule has 9 nitrogen and oxygen atoms in total. The van der Waals surface area contributed by atoms with Crippen molar-refractivity contribution < 1.29 is 37.7 Å². The highest BCUT2D eigenvalue weighted by Gasteiger charge is 2.61. The smallest absolute Gasteiger partial charge is 0.429 e. The van der Waals surface area contributed by atoms with Crippen molar-refractivity contribution >= 4 is 36.1 Å². The first-order valence-electron chi connectivity index (χ1n) is 12.3. The number of carbonyl (C=O) groups is 1. The fourth-order valence-electron chi connectivity index (χ4n) is 4.72. The summed E-state index contributed by atoms with van der Waals surface area (Å²) in [5.41, 5.74) is -3.73. The van der Waals surface area contributed by atoms with Crippen LogP contribution in [0.25, 0.3) is 21.9 Å². The molecule has 0 aliphatic rings. The zero-order valence-corrected chi connectivity index (χ0v) is 23.6. The van der Waals surface area contributed by atoms with Crippen LogP contribution < -0.4 is 4.74 Å². The van der Waals surface area contributed by atoms with Gasteiger partial charge in [0.15, 0.2) is 5.82 Å². The molecule has 0 fully saturated rings. The number of rotatable bonds is 8. The summed E-state index contributed by atoms with van der Waals surface area (Å²) in [6.07, 6.45) is -5.64. The maximum Gasteiger partial charge on any atom is 0.429 e. The minimum Gasteiger partial charge on any atom is -0.496 e. The van der Waals surface area contributed by atoms with Crippen LogP contribution in [0.2, 0.25) is 25.7 Å². The Labute approximate surface area is 229 Å². The summed E-state index contributed by atoms with van der Waals surface area (Å²) in [6, 6.07) is 9.36. The molecular formula is C27H29F3N4O5Si. The summed E-state index contributed by atoms with van der Waals surface area (Å²) in [5, 5.41) is 30.7. The van der Waals surface area contributed by atoms with Gasteiger partial charge in [-0.2, -0.15) is 18.4 Å². The first-order chi connectivity index (χ1) is 18.6. The third-order valence-corrected chi connectivity index (χ3v) is 8.44. The molecule has 0 saturated carbocycles. The lowest BCUT2D eigenvalue weighted by molar-refractivity contribution is -0.252. The number of fused-ring (bicyclic) bond motifs is 2. The minimum atomic E-state index is -5.34. The predicted octanol–water partition coefficient (Wildman–Crippen LogP) is 5.82. The fraction of sp³-hybridized carbons (Fsp3) is 0.370. The molecule has 0 saturated heterocycles. The lowest BCUT2D eigenvalue weighted by Crippen LogP contribution is -2.46. The minimum absolute atomic E-state index is 0.0354.